The van der Waals surface area contributed by atoms with E-state index in [2.05, 4.69) is 15.3 Å². The number of nitrogens with zero attached hydrogens (tertiary/aromatic N) is 3. The highest BCUT2D eigenvalue weighted by Crippen LogP contribution is 2.38. The first-order valence-electron chi connectivity index (χ1n) is 11.7. The lowest BCUT2D eigenvalue weighted by molar-refractivity contribution is -0.119. The molecular weight excluding hydrogens is 458 g/mol. The van der Waals surface area contributed by atoms with Crippen LogP contribution in [-0.2, 0) is 24.3 Å². The molecule has 1 atom stereocenters. The molecule has 9 heteroatoms. The number of hydrogen-bond acceptors (Lipinski definition) is 7. The molecular formula is C27H29N5O4. The number of carbonyl (C=O) groups is 3. The van der Waals surface area contributed by atoms with Gasteiger partial charge in [0.25, 0.3) is 5.91 Å². The Balaban J connectivity index is 1.50. The van der Waals surface area contributed by atoms with Crippen LogP contribution in [0.15, 0.2) is 48.8 Å². The standard InChI is InChI=1S/C27H29N5O4/c1-17-19(15-33)6-7-23-22(17)8-9-25(23)32(14-26(28)34)13-20-11-24(31-16-30-20)27(35)29-12-18-4-3-5-21(10-18)36-2/h3-7,10-11,15-16,25H,8-9,12-14H2,1-2H3,(H2,28,34)(H,29,35). The molecule has 4 rings (SSSR count). The Hall–Kier alpha value is -4.11. The van der Waals surface area contributed by atoms with Crippen molar-refractivity contribution in [3.8, 4) is 5.75 Å². The molecule has 0 aliphatic heterocycles. The Morgan fingerprint density at radius 2 is 2.06 bits per heavy atom. The Morgan fingerprint density at radius 3 is 2.81 bits per heavy atom. The van der Waals surface area contributed by atoms with E-state index < -0.39 is 5.91 Å². The molecule has 0 radical (unpaired) electrons. The Labute approximate surface area is 209 Å². The van der Waals surface area contributed by atoms with Crippen LogP contribution in [0.3, 0.4) is 0 Å². The molecule has 1 aromatic heterocycles. The van der Waals surface area contributed by atoms with Crippen molar-refractivity contribution in [3.63, 3.8) is 0 Å². The van der Waals surface area contributed by atoms with Gasteiger partial charge in [-0.15, -0.1) is 0 Å². The molecule has 3 aromatic rings. The van der Waals surface area contributed by atoms with Crippen molar-refractivity contribution in [2.24, 2.45) is 5.73 Å². The maximum Gasteiger partial charge on any atom is 0.270 e. The Bertz CT molecular complexity index is 1290. The molecule has 0 saturated heterocycles. The van der Waals surface area contributed by atoms with E-state index >= 15 is 0 Å². The number of rotatable bonds is 10. The first-order valence-corrected chi connectivity index (χ1v) is 11.7. The number of aromatic nitrogens is 2. The second-order valence-electron chi connectivity index (χ2n) is 8.82. The molecule has 36 heavy (non-hydrogen) atoms. The van der Waals surface area contributed by atoms with Crippen LogP contribution in [0.5, 0.6) is 5.75 Å². The third-order valence-electron chi connectivity index (χ3n) is 6.54. The number of fused-ring (bicyclic) bond motifs is 1. The number of aldehydes is 1. The number of amides is 2. The number of benzene rings is 2. The van der Waals surface area contributed by atoms with Gasteiger partial charge in [-0.25, -0.2) is 9.97 Å². The second kappa shape index (κ2) is 11.1. The molecule has 186 valence electrons. The van der Waals surface area contributed by atoms with Crippen molar-refractivity contribution < 1.29 is 19.1 Å². The van der Waals surface area contributed by atoms with E-state index in [1.807, 2.05) is 48.2 Å². The average Bonchev–Trinajstić information content (AvgIpc) is 3.32. The summed E-state index contributed by atoms with van der Waals surface area (Å²) in [6.45, 7) is 2.63. The first-order chi connectivity index (χ1) is 17.4. The number of methoxy groups -OCH3 is 1. The van der Waals surface area contributed by atoms with Gasteiger partial charge in [-0.2, -0.15) is 0 Å². The van der Waals surface area contributed by atoms with Gasteiger partial charge in [0.05, 0.1) is 19.3 Å². The van der Waals surface area contributed by atoms with E-state index in [-0.39, 0.29) is 24.2 Å². The van der Waals surface area contributed by atoms with Crippen molar-refractivity contribution in [2.45, 2.75) is 38.9 Å². The lowest BCUT2D eigenvalue weighted by atomic mass is 9.98. The minimum Gasteiger partial charge on any atom is -0.497 e. The number of carbonyl (C=O) groups excluding carboxylic acids is 3. The van der Waals surface area contributed by atoms with Gasteiger partial charge >= 0.3 is 0 Å². The van der Waals surface area contributed by atoms with Gasteiger partial charge in [-0.05, 0) is 60.2 Å². The van der Waals surface area contributed by atoms with E-state index in [0.717, 1.165) is 41.4 Å². The number of hydrogen-bond donors (Lipinski definition) is 2. The van der Waals surface area contributed by atoms with Gasteiger partial charge in [0.15, 0.2) is 0 Å². The van der Waals surface area contributed by atoms with Gasteiger partial charge in [-0.1, -0.05) is 24.3 Å². The predicted molar refractivity (Wildman–Crippen MR) is 133 cm³/mol. The Morgan fingerprint density at radius 1 is 1.22 bits per heavy atom. The number of primary amides is 1. The lowest BCUT2D eigenvalue weighted by Gasteiger charge is -2.28. The SMILES string of the molecule is COc1cccc(CNC(=O)c2cc(CN(CC(N)=O)C3CCc4c3ccc(C=O)c4C)ncn2)c1. The van der Waals surface area contributed by atoms with Crippen LogP contribution in [-0.4, -0.2) is 46.6 Å². The zero-order valence-electron chi connectivity index (χ0n) is 20.4. The van der Waals surface area contributed by atoms with E-state index in [1.54, 1.807) is 13.2 Å². The molecule has 0 bridgehead atoms. The van der Waals surface area contributed by atoms with Crippen LogP contribution < -0.4 is 15.8 Å². The monoisotopic (exact) mass is 487 g/mol. The summed E-state index contributed by atoms with van der Waals surface area (Å²) in [5, 5.41) is 2.86. The molecule has 3 N–H and O–H groups in total. The summed E-state index contributed by atoms with van der Waals surface area (Å²) in [4.78, 5) is 46.4. The quantitative estimate of drug-likeness (QED) is 0.421. The Kier molecular flexibility index (Phi) is 7.70. The maximum absolute atomic E-state index is 12.8. The topological polar surface area (TPSA) is 128 Å². The van der Waals surface area contributed by atoms with Crippen molar-refractivity contribution in [1.29, 1.82) is 0 Å². The summed E-state index contributed by atoms with van der Waals surface area (Å²) in [6.07, 6.45) is 3.82. The fourth-order valence-corrected chi connectivity index (χ4v) is 4.73. The van der Waals surface area contributed by atoms with Crippen LogP contribution >= 0.6 is 0 Å². The zero-order chi connectivity index (χ0) is 25.7. The third-order valence-corrected chi connectivity index (χ3v) is 6.54. The highest BCUT2D eigenvalue weighted by molar-refractivity contribution is 5.92. The smallest absolute Gasteiger partial charge is 0.270 e. The van der Waals surface area contributed by atoms with Gasteiger partial charge in [0, 0.05) is 24.7 Å². The largest absolute Gasteiger partial charge is 0.497 e. The number of nitrogens with one attached hydrogen (secondary N) is 1. The molecule has 0 saturated carbocycles. The molecule has 1 heterocycles. The second-order valence-corrected chi connectivity index (χ2v) is 8.82. The fraction of sp³-hybridized carbons (Fsp3) is 0.296. The average molecular weight is 488 g/mol. The highest BCUT2D eigenvalue weighted by Gasteiger charge is 2.31. The third kappa shape index (κ3) is 5.58. The molecule has 2 amide bonds. The zero-order valence-corrected chi connectivity index (χ0v) is 20.4. The molecule has 2 aromatic carbocycles. The van der Waals surface area contributed by atoms with E-state index in [4.69, 9.17) is 10.5 Å². The molecule has 1 unspecified atom stereocenters. The van der Waals surface area contributed by atoms with Crippen LogP contribution in [0.25, 0.3) is 0 Å². The first kappa shape index (κ1) is 25.0. The van der Waals surface area contributed by atoms with E-state index in [0.29, 0.717) is 30.1 Å². The molecule has 1 aliphatic carbocycles. The summed E-state index contributed by atoms with van der Waals surface area (Å²) in [7, 11) is 1.59. The fourth-order valence-electron chi connectivity index (χ4n) is 4.73. The molecule has 0 spiro atoms. The summed E-state index contributed by atoms with van der Waals surface area (Å²) >= 11 is 0. The lowest BCUT2D eigenvalue weighted by Crippen LogP contribution is -2.36. The highest BCUT2D eigenvalue weighted by atomic mass is 16.5. The van der Waals surface area contributed by atoms with Crippen molar-refractivity contribution in [2.75, 3.05) is 13.7 Å². The van der Waals surface area contributed by atoms with Gasteiger partial charge in [0.2, 0.25) is 5.91 Å². The summed E-state index contributed by atoms with van der Waals surface area (Å²) in [6, 6.07) is 12.8. The minimum atomic E-state index is -0.449. The van der Waals surface area contributed by atoms with E-state index in [9.17, 15) is 14.4 Å². The van der Waals surface area contributed by atoms with Crippen molar-refractivity contribution >= 4 is 18.1 Å². The summed E-state index contributed by atoms with van der Waals surface area (Å²) in [5.74, 6) is -0.0622. The number of ether oxygens (including phenoxy) is 1. The molecule has 9 nitrogen and oxygen atoms in total. The van der Waals surface area contributed by atoms with Gasteiger partial charge < -0.3 is 15.8 Å². The van der Waals surface area contributed by atoms with Crippen LogP contribution in [0.1, 0.15) is 61.3 Å². The molecule has 0 fully saturated rings. The van der Waals surface area contributed by atoms with E-state index in [1.165, 1.54) is 6.33 Å². The number of nitrogens with two attached hydrogens (primary N) is 1. The predicted octanol–water partition coefficient (Wildman–Crippen LogP) is 2.51. The van der Waals surface area contributed by atoms with Crippen LogP contribution in [0, 0.1) is 6.92 Å². The molecule has 1 aliphatic rings. The summed E-state index contributed by atoms with van der Waals surface area (Å²) in [5.41, 5.74) is 11.2. The van der Waals surface area contributed by atoms with Crippen molar-refractivity contribution in [3.05, 3.63) is 88.0 Å². The van der Waals surface area contributed by atoms with Crippen LogP contribution in [0.4, 0.5) is 0 Å². The minimum absolute atomic E-state index is 0.0416. The maximum atomic E-state index is 12.8. The van der Waals surface area contributed by atoms with Gasteiger partial charge in [0.1, 0.15) is 24.1 Å². The normalized spacial score (nSPS) is 14.4. The van der Waals surface area contributed by atoms with Gasteiger partial charge in [-0.3, -0.25) is 19.3 Å². The van der Waals surface area contributed by atoms with Crippen molar-refractivity contribution in [1.82, 2.24) is 20.2 Å². The van der Waals surface area contributed by atoms with Crippen LogP contribution in [0.2, 0.25) is 0 Å². The summed E-state index contributed by atoms with van der Waals surface area (Å²) < 4.78 is 5.22.